The first-order chi connectivity index (χ1) is 16.9. The number of nitrogens with one attached hydrogen (secondary N) is 1. The van der Waals surface area contributed by atoms with Gasteiger partial charge in [-0.05, 0) is 66.9 Å². The third kappa shape index (κ3) is 6.13. The second-order valence-corrected chi connectivity index (χ2v) is 9.13. The fourth-order valence-corrected chi connectivity index (χ4v) is 4.55. The maximum absolute atomic E-state index is 10.9. The van der Waals surface area contributed by atoms with Crippen LogP contribution in [0, 0.1) is 6.92 Å². The number of aryl methyl sites for hydroxylation is 1. The van der Waals surface area contributed by atoms with E-state index >= 15 is 0 Å². The Kier molecular flexibility index (Phi) is 7.57. The Morgan fingerprint density at radius 3 is 2.43 bits per heavy atom. The van der Waals surface area contributed by atoms with Crippen molar-refractivity contribution in [3.63, 3.8) is 0 Å². The number of nitrogens with zero attached hydrogens (tertiary/aromatic N) is 2. The highest BCUT2D eigenvalue weighted by atomic mass is 32.1. The SMILES string of the molecule is CCc1c(C)nc(-c2ccc(/C=C/c3ccc(OC)cc3)s2)nc1Nc1ccc(CC(=O)O)cc1. The lowest BCUT2D eigenvalue weighted by atomic mass is 10.1. The summed E-state index contributed by atoms with van der Waals surface area (Å²) in [6, 6.07) is 19.4. The third-order valence-electron chi connectivity index (χ3n) is 5.54. The normalized spacial score (nSPS) is 11.1. The minimum absolute atomic E-state index is 0.00484. The number of carbonyl (C=O) groups is 1. The fraction of sp³-hybridized carbons (Fsp3) is 0.179. The van der Waals surface area contributed by atoms with Crippen LogP contribution in [0.15, 0.2) is 60.7 Å². The molecule has 0 spiro atoms. The van der Waals surface area contributed by atoms with Crippen molar-refractivity contribution in [1.82, 2.24) is 9.97 Å². The summed E-state index contributed by atoms with van der Waals surface area (Å²) in [5.74, 6) is 1.44. The number of benzene rings is 2. The minimum atomic E-state index is -0.843. The van der Waals surface area contributed by atoms with Crippen LogP contribution in [-0.4, -0.2) is 28.2 Å². The molecule has 0 aliphatic heterocycles. The molecule has 0 atom stereocenters. The number of methoxy groups -OCH3 is 1. The van der Waals surface area contributed by atoms with Gasteiger partial charge >= 0.3 is 5.97 Å². The van der Waals surface area contributed by atoms with Crippen LogP contribution in [0.4, 0.5) is 11.5 Å². The summed E-state index contributed by atoms with van der Waals surface area (Å²) in [6.45, 7) is 4.09. The second-order valence-electron chi connectivity index (χ2n) is 8.01. The van der Waals surface area contributed by atoms with Crippen LogP contribution in [0.3, 0.4) is 0 Å². The zero-order valence-corrected chi connectivity index (χ0v) is 20.7. The van der Waals surface area contributed by atoms with E-state index in [1.165, 1.54) is 0 Å². The second kappa shape index (κ2) is 11.0. The highest BCUT2D eigenvalue weighted by molar-refractivity contribution is 7.16. The van der Waals surface area contributed by atoms with Gasteiger partial charge in [0.15, 0.2) is 5.82 Å². The van der Waals surface area contributed by atoms with Crippen molar-refractivity contribution in [3.8, 4) is 16.5 Å². The first-order valence-corrected chi connectivity index (χ1v) is 12.1. The largest absolute Gasteiger partial charge is 0.497 e. The van der Waals surface area contributed by atoms with E-state index < -0.39 is 5.97 Å². The van der Waals surface area contributed by atoms with Gasteiger partial charge in [0.05, 0.1) is 18.4 Å². The van der Waals surface area contributed by atoms with Crippen LogP contribution in [0.25, 0.3) is 22.9 Å². The van der Waals surface area contributed by atoms with Gasteiger partial charge in [-0.1, -0.05) is 37.3 Å². The average Bonchev–Trinajstić information content (AvgIpc) is 3.33. The maximum atomic E-state index is 10.9. The molecule has 0 aliphatic carbocycles. The van der Waals surface area contributed by atoms with Crippen LogP contribution in [0.5, 0.6) is 5.75 Å². The van der Waals surface area contributed by atoms with Gasteiger partial charge in [-0.2, -0.15) is 0 Å². The number of rotatable bonds is 9. The molecule has 0 aliphatic rings. The molecule has 2 N–H and O–H groups in total. The van der Waals surface area contributed by atoms with Crippen LogP contribution in [0.2, 0.25) is 0 Å². The molecule has 178 valence electrons. The number of anilines is 2. The van der Waals surface area contributed by atoms with Crippen LogP contribution < -0.4 is 10.1 Å². The standard InChI is InChI=1S/C28H27N3O3S/c1-4-24-18(2)29-28(31-27(24)30-21-10-5-20(6-11-21)17-26(32)33)25-16-15-23(35-25)14-9-19-7-12-22(34-3)13-8-19/h5-16H,4,17H2,1-3H3,(H,32,33)(H,29,30,31)/b14-9+. The molecule has 35 heavy (non-hydrogen) atoms. The van der Waals surface area contributed by atoms with Gasteiger partial charge in [-0.3, -0.25) is 4.79 Å². The van der Waals surface area contributed by atoms with E-state index in [-0.39, 0.29) is 6.42 Å². The van der Waals surface area contributed by atoms with Crippen molar-refractivity contribution in [3.05, 3.63) is 87.9 Å². The molecule has 0 amide bonds. The van der Waals surface area contributed by atoms with Crippen molar-refractivity contribution in [2.45, 2.75) is 26.7 Å². The summed E-state index contributed by atoms with van der Waals surface area (Å²) in [6.07, 6.45) is 4.96. The number of hydrogen-bond acceptors (Lipinski definition) is 6. The van der Waals surface area contributed by atoms with E-state index in [0.29, 0.717) is 5.82 Å². The third-order valence-corrected chi connectivity index (χ3v) is 6.59. The van der Waals surface area contributed by atoms with Gasteiger partial charge in [-0.25, -0.2) is 9.97 Å². The topological polar surface area (TPSA) is 84.3 Å². The van der Waals surface area contributed by atoms with Crippen molar-refractivity contribution >= 4 is 41.0 Å². The van der Waals surface area contributed by atoms with Crippen molar-refractivity contribution < 1.29 is 14.6 Å². The van der Waals surface area contributed by atoms with Crippen molar-refractivity contribution in [1.29, 1.82) is 0 Å². The van der Waals surface area contributed by atoms with Crippen LogP contribution in [-0.2, 0) is 17.6 Å². The van der Waals surface area contributed by atoms with Gasteiger partial charge in [0, 0.05) is 21.8 Å². The van der Waals surface area contributed by atoms with Gasteiger partial charge in [-0.15, -0.1) is 11.3 Å². The Hall–Kier alpha value is -3.97. The molecule has 0 unspecified atom stereocenters. The lowest BCUT2D eigenvalue weighted by molar-refractivity contribution is -0.136. The van der Waals surface area contributed by atoms with Crippen LogP contribution >= 0.6 is 11.3 Å². The number of carboxylic acid groups (broad SMARTS) is 1. The first-order valence-electron chi connectivity index (χ1n) is 11.3. The highest BCUT2D eigenvalue weighted by Gasteiger charge is 2.14. The van der Waals surface area contributed by atoms with E-state index in [1.54, 1.807) is 18.4 Å². The Balaban J connectivity index is 1.56. The van der Waals surface area contributed by atoms with Crippen LogP contribution in [0.1, 0.15) is 34.2 Å². The molecule has 4 aromatic rings. The molecule has 0 saturated heterocycles. The van der Waals surface area contributed by atoms with E-state index in [4.69, 9.17) is 19.8 Å². The molecule has 0 bridgehead atoms. The predicted octanol–water partition coefficient (Wildman–Crippen LogP) is 6.63. The lowest BCUT2D eigenvalue weighted by Gasteiger charge is -2.14. The molecule has 7 heteroatoms. The molecular weight excluding hydrogens is 458 g/mol. The quantitative estimate of drug-likeness (QED) is 0.277. The number of aromatic nitrogens is 2. The highest BCUT2D eigenvalue weighted by Crippen LogP contribution is 2.31. The minimum Gasteiger partial charge on any atom is -0.497 e. The molecule has 6 nitrogen and oxygen atoms in total. The van der Waals surface area contributed by atoms with Gasteiger partial charge in [0.1, 0.15) is 11.6 Å². The van der Waals surface area contributed by atoms with Crippen molar-refractivity contribution in [2.75, 3.05) is 12.4 Å². The number of aliphatic carboxylic acids is 1. The molecule has 2 aromatic carbocycles. The Bertz CT molecular complexity index is 1340. The molecule has 2 aromatic heterocycles. The monoisotopic (exact) mass is 485 g/mol. The van der Waals surface area contributed by atoms with E-state index in [2.05, 4.69) is 30.5 Å². The Morgan fingerprint density at radius 1 is 1.03 bits per heavy atom. The summed E-state index contributed by atoms with van der Waals surface area (Å²) < 4.78 is 5.21. The summed E-state index contributed by atoms with van der Waals surface area (Å²) in [7, 11) is 1.66. The molecule has 0 radical (unpaired) electrons. The Labute approximate surface area is 209 Å². The number of ether oxygens (including phenoxy) is 1. The summed E-state index contributed by atoms with van der Waals surface area (Å²) in [4.78, 5) is 22.7. The lowest BCUT2D eigenvalue weighted by Crippen LogP contribution is -2.05. The predicted molar refractivity (Wildman–Crippen MR) is 142 cm³/mol. The average molecular weight is 486 g/mol. The van der Waals surface area contributed by atoms with Gasteiger partial charge in [0.2, 0.25) is 0 Å². The Morgan fingerprint density at radius 2 is 1.77 bits per heavy atom. The molecular formula is C28H27N3O3S. The zero-order chi connectivity index (χ0) is 24.8. The van der Waals surface area contributed by atoms with Gasteiger partial charge < -0.3 is 15.2 Å². The molecule has 0 saturated carbocycles. The smallest absolute Gasteiger partial charge is 0.307 e. The van der Waals surface area contributed by atoms with E-state index in [1.807, 2.05) is 61.5 Å². The summed E-state index contributed by atoms with van der Waals surface area (Å²) in [5.41, 5.74) is 4.70. The molecule has 4 rings (SSSR count). The summed E-state index contributed by atoms with van der Waals surface area (Å²) in [5, 5.41) is 12.4. The maximum Gasteiger partial charge on any atom is 0.307 e. The number of thiophene rings is 1. The van der Waals surface area contributed by atoms with E-state index in [0.717, 1.165) is 55.8 Å². The molecule has 2 heterocycles. The zero-order valence-electron chi connectivity index (χ0n) is 19.9. The van der Waals surface area contributed by atoms with Crippen molar-refractivity contribution in [2.24, 2.45) is 0 Å². The first kappa shape index (κ1) is 24.2. The fourth-order valence-electron chi connectivity index (χ4n) is 3.71. The van der Waals surface area contributed by atoms with E-state index in [9.17, 15) is 4.79 Å². The summed E-state index contributed by atoms with van der Waals surface area (Å²) >= 11 is 1.64. The van der Waals surface area contributed by atoms with Gasteiger partial charge in [0.25, 0.3) is 0 Å². The number of hydrogen-bond donors (Lipinski definition) is 2. The molecule has 0 fully saturated rings. The number of carboxylic acids is 1.